The molecule has 72 valence electrons. The Hall–Kier alpha value is -1.84. The normalized spacial score (nSPS) is 9.43. The first-order chi connectivity index (χ1) is 6.74. The van der Waals surface area contributed by atoms with Crippen LogP contribution in [0, 0.1) is 0 Å². The number of Topliss-reactive ketones (excluding diaryl/α,β-unsaturated/α-hetero) is 2. The summed E-state index contributed by atoms with van der Waals surface area (Å²) in [5.74, 6) is -0.729. The first kappa shape index (κ1) is 10.2. The maximum absolute atomic E-state index is 11.3. The molecule has 0 aliphatic rings. The van der Waals surface area contributed by atoms with Crippen LogP contribution in [0.4, 0.5) is 0 Å². The van der Waals surface area contributed by atoms with Crippen molar-refractivity contribution in [2.45, 2.75) is 12.8 Å². The molecule has 4 heteroatoms. The van der Waals surface area contributed by atoms with Crippen molar-refractivity contribution in [3.05, 3.63) is 30.1 Å². The largest absolute Gasteiger partial charge is 0.303 e. The molecule has 0 unspecified atom stereocenters. The summed E-state index contributed by atoms with van der Waals surface area (Å²) in [6, 6.07) is 4.89. The van der Waals surface area contributed by atoms with Gasteiger partial charge in [0.2, 0.25) is 0 Å². The number of nitrogens with zero attached hydrogens (tertiary/aromatic N) is 1. The zero-order valence-corrected chi connectivity index (χ0v) is 7.47. The van der Waals surface area contributed by atoms with E-state index in [1.54, 1.807) is 12.1 Å². The molecule has 1 heterocycles. The smallest absolute Gasteiger partial charge is 0.188 e. The predicted molar refractivity (Wildman–Crippen MR) is 48.9 cm³/mol. The van der Waals surface area contributed by atoms with Crippen LogP contribution in [-0.2, 0) is 9.59 Å². The zero-order chi connectivity index (χ0) is 10.4. The summed E-state index contributed by atoms with van der Waals surface area (Å²) in [6.07, 6.45) is 1.51. The average molecular weight is 191 g/mol. The molecule has 0 N–H and O–H groups in total. The lowest BCUT2D eigenvalue weighted by Gasteiger charge is -1.96. The van der Waals surface area contributed by atoms with Crippen LogP contribution in [-0.4, -0.2) is 22.8 Å². The SMILES string of the molecule is O=CCC(=O)CC(=O)c1ccccn1. The Bertz CT molecular complexity index is 346. The highest BCUT2D eigenvalue weighted by Gasteiger charge is 2.11. The summed E-state index contributed by atoms with van der Waals surface area (Å²) >= 11 is 0. The Kier molecular flexibility index (Phi) is 3.67. The van der Waals surface area contributed by atoms with Crippen LogP contribution in [0.15, 0.2) is 24.4 Å². The number of rotatable bonds is 5. The van der Waals surface area contributed by atoms with E-state index < -0.39 is 0 Å². The third-order valence-electron chi connectivity index (χ3n) is 1.62. The van der Waals surface area contributed by atoms with Gasteiger partial charge < -0.3 is 4.79 Å². The molecule has 1 rings (SSSR count). The number of aldehydes is 1. The number of hydrogen-bond donors (Lipinski definition) is 0. The Morgan fingerprint density at radius 3 is 2.71 bits per heavy atom. The van der Waals surface area contributed by atoms with Crippen LogP contribution in [0.2, 0.25) is 0 Å². The molecule has 0 bridgehead atoms. The molecule has 0 aliphatic carbocycles. The lowest BCUT2D eigenvalue weighted by atomic mass is 10.1. The third-order valence-corrected chi connectivity index (χ3v) is 1.62. The van der Waals surface area contributed by atoms with Crippen molar-refractivity contribution in [1.82, 2.24) is 4.98 Å². The highest BCUT2D eigenvalue weighted by molar-refractivity contribution is 6.09. The molecule has 0 saturated heterocycles. The van der Waals surface area contributed by atoms with Gasteiger partial charge in [-0.2, -0.15) is 0 Å². The maximum atomic E-state index is 11.3. The van der Waals surface area contributed by atoms with Gasteiger partial charge in [-0.3, -0.25) is 14.6 Å². The number of aromatic nitrogens is 1. The van der Waals surface area contributed by atoms with Crippen molar-refractivity contribution in [3.8, 4) is 0 Å². The molecule has 0 atom stereocenters. The van der Waals surface area contributed by atoms with Gasteiger partial charge in [-0.25, -0.2) is 0 Å². The van der Waals surface area contributed by atoms with Crippen molar-refractivity contribution >= 4 is 17.9 Å². The molecular weight excluding hydrogens is 182 g/mol. The van der Waals surface area contributed by atoms with E-state index in [4.69, 9.17) is 0 Å². The van der Waals surface area contributed by atoms with Gasteiger partial charge in [0.1, 0.15) is 17.8 Å². The number of carbonyl (C=O) groups is 3. The van der Waals surface area contributed by atoms with E-state index in [1.165, 1.54) is 12.3 Å². The van der Waals surface area contributed by atoms with Gasteiger partial charge in [0.15, 0.2) is 5.78 Å². The molecule has 0 fully saturated rings. The molecule has 0 amide bonds. The summed E-state index contributed by atoms with van der Waals surface area (Å²) in [5.41, 5.74) is 0.256. The minimum absolute atomic E-state index is 0.210. The first-order valence-corrected chi connectivity index (χ1v) is 4.13. The van der Waals surface area contributed by atoms with Crippen molar-refractivity contribution in [3.63, 3.8) is 0 Å². The highest BCUT2D eigenvalue weighted by Crippen LogP contribution is 2.00. The minimum Gasteiger partial charge on any atom is -0.303 e. The van der Waals surface area contributed by atoms with E-state index in [1.807, 2.05) is 0 Å². The predicted octanol–water partition coefficient (Wildman–Crippen LogP) is 0.812. The van der Waals surface area contributed by atoms with E-state index in [9.17, 15) is 14.4 Å². The van der Waals surface area contributed by atoms with Crippen LogP contribution in [0.1, 0.15) is 23.3 Å². The van der Waals surface area contributed by atoms with Crippen LogP contribution < -0.4 is 0 Å². The second kappa shape index (κ2) is 5.01. The van der Waals surface area contributed by atoms with Gasteiger partial charge in [0, 0.05) is 6.20 Å². The van der Waals surface area contributed by atoms with Gasteiger partial charge in [0.25, 0.3) is 0 Å². The minimum atomic E-state index is -0.379. The molecule has 0 aromatic carbocycles. The average Bonchev–Trinajstić information content (AvgIpc) is 2.19. The molecule has 1 aromatic rings. The summed E-state index contributed by atoms with van der Waals surface area (Å²) in [6.45, 7) is 0. The van der Waals surface area contributed by atoms with Crippen molar-refractivity contribution in [2.24, 2.45) is 0 Å². The van der Waals surface area contributed by atoms with Crippen LogP contribution in [0.25, 0.3) is 0 Å². The van der Waals surface area contributed by atoms with Gasteiger partial charge in [-0.1, -0.05) is 6.07 Å². The topological polar surface area (TPSA) is 64.1 Å². The molecule has 0 spiro atoms. The van der Waals surface area contributed by atoms with E-state index in [0.29, 0.717) is 6.29 Å². The summed E-state index contributed by atoms with van der Waals surface area (Å²) in [5, 5.41) is 0. The zero-order valence-electron chi connectivity index (χ0n) is 7.47. The van der Waals surface area contributed by atoms with E-state index in [0.717, 1.165) is 0 Å². The van der Waals surface area contributed by atoms with Crippen molar-refractivity contribution in [1.29, 1.82) is 0 Å². The Morgan fingerprint density at radius 2 is 2.14 bits per heavy atom. The number of pyridine rings is 1. The lowest BCUT2D eigenvalue weighted by molar-refractivity contribution is -0.121. The molecule has 4 nitrogen and oxygen atoms in total. The fourth-order valence-corrected chi connectivity index (χ4v) is 0.962. The standard InChI is InChI=1S/C10H9NO3/c12-6-4-8(13)7-10(14)9-3-1-2-5-11-9/h1-3,5-6H,4,7H2. The Labute approximate surface area is 81.0 Å². The van der Waals surface area contributed by atoms with Gasteiger partial charge in [-0.15, -0.1) is 0 Å². The number of carbonyl (C=O) groups excluding carboxylic acids is 3. The van der Waals surface area contributed by atoms with Crippen LogP contribution in [0.5, 0.6) is 0 Å². The number of ketones is 2. The molecule has 0 radical (unpaired) electrons. The second-order valence-electron chi connectivity index (χ2n) is 2.72. The van der Waals surface area contributed by atoms with Gasteiger partial charge in [0.05, 0.1) is 12.8 Å². The highest BCUT2D eigenvalue weighted by atomic mass is 16.2. The monoisotopic (exact) mass is 191 g/mol. The molecule has 0 saturated carbocycles. The Morgan fingerprint density at radius 1 is 1.36 bits per heavy atom. The fraction of sp³-hybridized carbons (Fsp3) is 0.200. The lowest BCUT2D eigenvalue weighted by Crippen LogP contribution is -2.09. The maximum Gasteiger partial charge on any atom is 0.188 e. The van der Waals surface area contributed by atoms with Crippen molar-refractivity contribution in [2.75, 3.05) is 0 Å². The summed E-state index contributed by atoms with van der Waals surface area (Å²) in [4.78, 5) is 36.1. The fourth-order valence-electron chi connectivity index (χ4n) is 0.962. The molecular formula is C10H9NO3. The molecule has 14 heavy (non-hydrogen) atoms. The van der Waals surface area contributed by atoms with E-state index >= 15 is 0 Å². The third kappa shape index (κ3) is 2.90. The quantitative estimate of drug-likeness (QED) is 0.392. The molecule has 1 aromatic heterocycles. The van der Waals surface area contributed by atoms with E-state index in [2.05, 4.69) is 4.98 Å². The van der Waals surface area contributed by atoms with Crippen LogP contribution in [0.3, 0.4) is 0 Å². The number of hydrogen-bond acceptors (Lipinski definition) is 4. The summed E-state index contributed by atoms with van der Waals surface area (Å²) in [7, 11) is 0. The second-order valence-corrected chi connectivity index (χ2v) is 2.72. The van der Waals surface area contributed by atoms with Crippen LogP contribution >= 0.6 is 0 Å². The van der Waals surface area contributed by atoms with Gasteiger partial charge in [-0.05, 0) is 12.1 Å². The van der Waals surface area contributed by atoms with E-state index in [-0.39, 0.29) is 30.1 Å². The first-order valence-electron chi connectivity index (χ1n) is 4.13. The Balaban J connectivity index is 2.59. The van der Waals surface area contributed by atoms with Crippen molar-refractivity contribution < 1.29 is 14.4 Å². The molecule has 0 aliphatic heterocycles. The summed E-state index contributed by atoms with van der Waals surface area (Å²) < 4.78 is 0. The van der Waals surface area contributed by atoms with Gasteiger partial charge >= 0.3 is 0 Å².